The predicted octanol–water partition coefficient (Wildman–Crippen LogP) is 4.85. The highest BCUT2D eigenvalue weighted by molar-refractivity contribution is 7.17. The van der Waals surface area contributed by atoms with Crippen LogP contribution in [0.4, 0.5) is 4.39 Å². The first kappa shape index (κ1) is 18.9. The van der Waals surface area contributed by atoms with Gasteiger partial charge in [0.05, 0.1) is 12.0 Å². The van der Waals surface area contributed by atoms with Crippen LogP contribution in [0, 0.1) is 12.7 Å². The summed E-state index contributed by atoms with van der Waals surface area (Å²) < 4.78 is 19.6. The molecule has 0 aliphatic rings. The summed E-state index contributed by atoms with van der Waals surface area (Å²) in [6.07, 6.45) is 0. The minimum Gasteiger partial charge on any atom is -0.508 e. The van der Waals surface area contributed by atoms with Gasteiger partial charge in [-0.05, 0) is 42.3 Å². The fourth-order valence-corrected chi connectivity index (χ4v) is 4.05. The van der Waals surface area contributed by atoms with Crippen LogP contribution in [0.2, 0.25) is 0 Å². The van der Waals surface area contributed by atoms with Crippen molar-refractivity contribution in [3.05, 3.63) is 70.4 Å². The van der Waals surface area contributed by atoms with Gasteiger partial charge in [-0.25, -0.2) is 4.39 Å². The van der Waals surface area contributed by atoms with E-state index >= 15 is 0 Å². The number of hydrogen-bond acceptors (Lipinski definition) is 4. The number of hydrogen-bond donors (Lipinski definition) is 1. The average Bonchev–Trinajstić information content (AvgIpc) is 3.02. The first-order valence-electron chi connectivity index (χ1n) is 8.37. The van der Waals surface area contributed by atoms with Gasteiger partial charge in [-0.3, -0.25) is 4.79 Å². The van der Waals surface area contributed by atoms with Gasteiger partial charge in [0.25, 0.3) is 5.91 Å². The molecule has 0 radical (unpaired) electrons. The highest BCUT2D eigenvalue weighted by atomic mass is 32.1. The third-order valence-electron chi connectivity index (χ3n) is 4.24. The maximum atomic E-state index is 14.5. The number of carbonyl (C=O) groups is 1. The Morgan fingerprint density at radius 2 is 1.96 bits per heavy atom. The number of carbonyl (C=O) groups excluding carboxylic acids is 1. The van der Waals surface area contributed by atoms with Crippen LogP contribution in [-0.4, -0.2) is 30.1 Å². The summed E-state index contributed by atoms with van der Waals surface area (Å²) in [4.78, 5) is 15.7. The Morgan fingerprint density at radius 3 is 2.67 bits per heavy atom. The fraction of sp³-hybridized carbons (Fsp3) is 0.190. The van der Waals surface area contributed by atoms with Gasteiger partial charge < -0.3 is 14.7 Å². The van der Waals surface area contributed by atoms with Crippen LogP contribution in [0.5, 0.6) is 11.5 Å². The quantitative estimate of drug-likeness (QED) is 0.683. The number of nitrogens with zero attached hydrogens (tertiary/aromatic N) is 1. The number of phenolic OH excluding ortho intramolecular Hbond substituents is 1. The van der Waals surface area contributed by atoms with Crippen LogP contribution in [-0.2, 0) is 6.54 Å². The van der Waals surface area contributed by atoms with Crippen LogP contribution in [0.1, 0.15) is 20.8 Å². The maximum Gasteiger partial charge on any atom is 0.264 e. The Bertz CT molecular complexity index is 983. The van der Waals surface area contributed by atoms with Crippen molar-refractivity contribution in [2.24, 2.45) is 0 Å². The largest absolute Gasteiger partial charge is 0.508 e. The molecule has 0 spiro atoms. The van der Waals surface area contributed by atoms with Crippen molar-refractivity contribution in [1.29, 1.82) is 0 Å². The SMILES string of the molecule is COc1cccc(-c2cc(C)c(C(=O)N(C)Cc3cccc(O)c3)s2)c1F. The molecule has 27 heavy (non-hydrogen) atoms. The molecule has 0 saturated carbocycles. The highest BCUT2D eigenvalue weighted by Gasteiger charge is 2.20. The van der Waals surface area contributed by atoms with Crippen molar-refractivity contribution in [2.75, 3.05) is 14.2 Å². The van der Waals surface area contributed by atoms with Gasteiger partial charge in [-0.15, -0.1) is 11.3 Å². The molecular formula is C21H20FNO3S. The minimum atomic E-state index is -0.437. The number of amides is 1. The van der Waals surface area contributed by atoms with E-state index in [9.17, 15) is 14.3 Å². The van der Waals surface area contributed by atoms with E-state index < -0.39 is 5.82 Å². The molecule has 2 aromatic carbocycles. The molecule has 0 bridgehead atoms. The van der Waals surface area contributed by atoms with Crippen LogP contribution in [0.25, 0.3) is 10.4 Å². The molecule has 1 amide bonds. The van der Waals surface area contributed by atoms with Gasteiger partial charge in [0.15, 0.2) is 11.6 Å². The number of aromatic hydroxyl groups is 1. The lowest BCUT2D eigenvalue weighted by atomic mass is 10.1. The second-order valence-electron chi connectivity index (χ2n) is 6.28. The second-order valence-corrected chi connectivity index (χ2v) is 7.33. The van der Waals surface area contributed by atoms with Gasteiger partial charge in [0, 0.05) is 24.0 Å². The zero-order chi connectivity index (χ0) is 19.6. The van der Waals surface area contributed by atoms with Crippen molar-refractivity contribution in [1.82, 2.24) is 4.90 Å². The third kappa shape index (κ3) is 3.95. The molecule has 0 saturated heterocycles. The van der Waals surface area contributed by atoms with Gasteiger partial charge in [-0.1, -0.05) is 24.3 Å². The van der Waals surface area contributed by atoms with Gasteiger partial charge in [0.1, 0.15) is 5.75 Å². The number of rotatable bonds is 5. The summed E-state index contributed by atoms with van der Waals surface area (Å²) in [5.41, 5.74) is 2.04. The average molecular weight is 385 g/mol. The predicted molar refractivity (Wildman–Crippen MR) is 105 cm³/mol. The first-order valence-corrected chi connectivity index (χ1v) is 9.19. The number of halogens is 1. The lowest BCUT2D eigenvalue weighted by Crippen LogP contribution is -2.25. The lowest BCUT2D eigenvalue weighted by molar-refractivity contribution is 0.0789. The number of thiophene rings is 1. The van der Waals surface area contributed by atoms with E-state index in [1.165, 1.54) is 18.4 Å². The molecule has 0 unspecified atom stereocenters. The number of methoxy groups -OCH3 is 1. The van der Waals surface area contributed by atoms with E-state index in [-0.39, 0.29) is 17.4 Å². The number of aryl methyl sites for hydroxylation is 1. The minimum absolute atomic E-state index is 0.143. The maximum absolute atomic E-state index is 14.5. The fourth-order valence-electron chi connectivity index (χ4n) is 2.86. The number of benzene rings is 2. The summed E-state index contributed by atoms with van der Waals surface area (Å²) >= 11 is 1.26. The molecule has 3 aromatic rings. The summed E-state index contributed by atoms with van der Waals surface area (Å²) in [5, 5.41) is 9.58. The molecule has 140 valence electrons. The van der Waals surface area contributed by atoms with Crippen molar-refractivity contribution in [3.8, 4) is 21.9 Å². The van der Waals surface area contributed by atoms with E-state index in [2.05, 4.69) is 0 Å². The summed E-state index contributed by atoms with van der Waals surface area (Å²) in [7, 11) is 3.13. The van der Waals surface area contributed by atoms with Crippen molar-refractivity contribution in [3.63, 3.8) is 0 Å². The van der Waals surface area contributed by atoms with E-state index in [0.29, 0.717) is 21.9 Å². The first-order chi connectivity index (χ1) is 12.9. The molecule has 0 aliphatic carbocycles. The normalized spacial score (nSPS) is 10.7. The van der Waals surface area contributed by atoms with E-state index in [1.54, 1.807) is 48.3 Å². The van der Waals surface area contributed by atoms with Gasteiger partial charge in [0.2, 0.25) is 0 Å². The highest BCUT2D eigenvalue weighted by Crippen LogP contribution is 2.36. The van der Waals surface area contributed by atoms with Crippen molar-refractivity contribution < 1.29 is 19.0 Å². The molecule has 0 aliphatic heterocycles. The molecule has 4 nitrogen and oxygen atoms in total. The van der Waals surface area contributed by atoms with Crippen molar-refractivity contribution in [2.45, 2.75) is 13.5 Å². The van der Waals surface area contributed by atoms with Gasteiger partial charge >= 0.3 is 0 Å². The summed E-state index contributed by atoms with van der Waals surface area (Å²) in [6, 6.07) is 13.6. The van der Waals surface area contributed by atoms with Crippen LogP contribution < -0.4 is 4.74 Å². The van der Waals surface area contributed by atoms with Crippen LogP contribution >= 0.6 is 11.3 Å². The van der Waals surface area contributed by atoms with E-state index in [0.717, 1.165) is 11.1 Å². The molecule has 6 heteroatoms. The molecule has 1 heterocycles. The Morgan fingerprint density at radius 1 is 1.22 bits per heavy atom. The zero-order valence-corrected chi connectivity index (χ0v) is 16.1. The van der Waals surface area contributed by atoms with E-state index in [4.69, 9.17) is 4.74 Å². The molecule has 1 N–H and O–H groups in total. The molecule has 1 aromatic heterocycles. The van der Waals surface area contributed by atoms with Crippen LogP contribution in [0.3, 0.4) is 0 Å². The Labute approximate surface area is 161 Å². The topological polar surface area (TPSA) is 49.8 Å². The summed E-state index contributed by atoms with van der Waals surface area (Å²) in [5.74, 6) is -0.243. The molecule has 3 rings (SSSR count). The number of phenols is 1. The lowest BCUT2D eigenvalue weighted by Gasteiger charge is -2.17. The second kappa shape index (κ2) is 7.80. The van der Waals surface area contributed by atoms with Gasteiger partial charge in [-0.2, -0.15) is 0 Å². The zero-order valence-electron chi connectivity index (χ0n) is 15.3. The monoisotopic (exact) mass is 385 g/mol. The smallest absolute Gasteiger partial charge is 0.264 e. The van der Waals surface area contributed by atoms with E-state index in [1.807, 2.05) is 19.1 Å². The molecule has 0 fully saturated rings. The third-order valence-corrected chi connectivity index (χ3v) is 5.50. The molecule has 0 atom stereocenters. The summed E-state index contributed by atoms with van der Waals surface area (Å²) in [6.45, 7) is 2.21. The number of ether oxygens (including phenoxy) is 1. The van der Waals surface area contributed by atoms with Crippen molar-refractivity contribution >= 4 is 17.2 Å². The Balaban J connectivity index is 1.86. The Kier molecular flexibility index (Phi) is 5.46. The Hall–Kier alpha value is -2.86. The van der Waals surface area contributed by atoms with Crippen LogP contribution in [0.15, 0.2) is 48.5 Å². The standard InChI is InChI=1S/C21H20FNO3S/c1-13-10-18(16-8-5-9-17(26-3)19(16)22)27-20(13)21(25)23(2)12-14-6-4-7-15(24)11-14/h4-11,24H,12H2,1-3H3. The molecular weight excluding hydrogens is 365 g/mol.